The Kier molecular flexibility index (Phi) is 4.46. The number of nitrogens with one attached hydrogen (secondary N) is 1. The number of ether oxygens (including phenoxy) is 2. The molecule has 0 bridgehead atoms. The molecule has 1 amide bonds. The highest BCUT2D eigenvalue weighted by molar-refractivity contribution is 5.85. The highest BCUT2D eigenvalue weighted by Crippen LogP contribution is 2.36. The third kappa shape index (κ3) is 2.88. The first-order valence-corrected chi connectivity index (χ1v) is 5.60. The Morgan fingerprint density at radius 1 is 1.33 bits per heavy atom. The van der Waals surface area contributed by atoms with Gasteiger partial charge in [0.1, 0.15) is 12.4 Å². The number of hydrogen-bond acceptors (Lipinski definition) is 3. The van der Waals surface area contributed by atoms with Gasteiger partial charge >= 0.3 is 6.09 Å². The lowest BCUT2D eigenvalue weighted by atomic mass is 9.80. The van der Waals surface area contributed by atoms with Gasteiger partial charge in [0, 0.05) is 5.41 Å². The van der Waals surface area contributed by atoms with E-state index in [9.17, 15) is 4.79 Å². The van der Waals surface area contributed by atoms with Gasteiger partial charge in [0.2, 0.25) is 0 Å². The van der Waals surface area contributed by atoms with Crippen molar-refractivity contribution in [3.8, 4) is 5.75 Å². The first kappa shape index (κ1) is 14.6. The van der Waals surface area contributed by atoms with E-state index in [1.54, 1.807) is 7.11 Å². The minimum absolute atomic E-state index is 0. The average Bonchev–Trinajstić information content (AvgIpc) is 2.33. The van der Waals surface area contributed by atoms with E-state index in [0.717, 1.165) is 11.3 Å². The molecule has 0 unspecified atom stereocenters. The summed E-state index contributed by atoms with van der Waals surface area (Å²) in [7, 11) is 1.63. The first-order valence-electron chi connectivity index (χ1n) is 5.60. The van der Waals surface area contributed by atoms with Crippen LogP contribution in [0.5, 0.6) is 5.75 Å². The third-order valence-corrected chi connectivity index (χ3v) is 3.07. The van der Waals surface area contributed by atoms with Crippen molar-refractivity contribution in [3.63, 3.8) is 0 Å². The van der Waals surface area contributed by atoms with Crippen LogP contribution in [0, 0.1) is 5.41 Å². The first-order chi connectivity index (χ1) is 8.03. The quantitative estimate of drug-likeness (QED) is 0.900. The molecule has 1 saturated heterocycles. The van der Waals surface area contributed by atoms with Crippen LogP contribution in [0.4, 0.5) is 4.79 Å². The van der Waals surface area contributed by atoms with Crippen molar-refractivity contribution < 1.29 is 14.3 Å². The molecule has 0 spiro atoms. The van der Waals surface area contributed by atoms with Gasteiger partial charge in [-0.05, 0) is 17.7 Å². The smallest absolute Gasteiger partial charge is 0.407 e. The van der Waals surface area contributed by atoms with Crippen molar-refractivity contribution in [3.05, 3.63) is 29.8 Å². The minimum atomic E-state index is -0.356. The number of alkyl carbamates (subject to hydrolysis) is 1. The summed E-state index contributed by atoms with van der Waals surface area (Å²) in [4.78, 5) is 11.3. The molecule has 1 fully saturated rings. The molecule has 1 aromatic carbocycles. The number of amides is 1. The number of rotatable bonds is 2. The molecule has 5 heteroatoms. The summed E-state index contributed by atoms with van der Waals surface area (Å²) in [5, 5.41) is 2.86. The zero-order valence-corrected chi connectivity index (χ0v) is 11.5. The van der Waals surface area contributed by atoms with E-state index in [2.05, 4.69) is 19.2 Å². The van der Waals surface area contributed by atoms with Gasteiger partial charge in [-0.3, -0.25) is 0 Å². The Morgan fingerprint density at radius 3 is 2.50 bits per heavy atom. The normalized spacial score (nSPS) is 21.3. The van der Waals surface area contributed by atoms with E-state index in [0.29, 0.717) is 6.61 Å². The predicted octanol–water partition coefficient (Wildman–Crippen LogP) is 2.92. The summed E-state index contributed by atoms with van der Waals surface area (Å²) in [6, 6.07) is 7.70. The van der Waals surface area contributed by atoms with Crippen LogP contribution in [0.3, 0.4) is 0 Å². The lowest BCUT2D eigenvalue weighted by molar-refractivity contribution is 0.0387. The Hall–Kier alpha value is -1.42. The van der Waals surface area contributed by atoms with E-state index < -0.39 is 0 Å². The second-order valence-electron chi connectivity index (χ2n) is 4.92. The van der Waals surface area contributed by atoms with Crippen molar-refractivity contribution in [2.45, 2.75) is 19.9 Å². The van der Waals surface area contributed by atoms with Crippen LogP contribution in [-0.2, 0) is 4.74 Å². The van der Waals surface area contributed by atoms with Gasteiger partial charge in [0.05, 0.1) is 13.2 Å². The minimum Gasteiger partial charge on any atom is -0.497 e. The molecule has 0 radical (unpaired) electrons. The van der Waals surface area contributed by atoms with Gasteiger partial charge < -0.3 is 14.8 Å². The summed E-state index contributed by atoms with van der Waals surface area (Å²) >= 11 is 0. The molecule has 0 aliphatic carbocycles. The fraction of sp³-hybridized carbons (Fsp3) is 0.462. The fourth-order valence-electron chi connectivity index (χ4n) is 2.02. The van der Waals surface area contributed by atoms with Gasteiger partial charge in [0.15, 0.2) is 0 Å². The second kappa shape index (κ2) is 5.48. The Balaban J connectivity index is 0.00000162. The summed E-state index contributed by atoms with van der Waals surface area (Å²) in [6.45, 7) is 4.57. The summed E-state index contributed by atoms with van der Waals surface area (Å²) in [6.07, 6.45) is -0.356. The Morgan fingerprint density at radius 2 is 1.94 bits per heavy atom. The molecule has 100 valence electrons. The predicted molar refractivity (Wildman–Crippen MR) is 71.2 cm³/mol. The van der Waals surface area contributed by atoms with Gasteiger partial charge in [-0.2, -0.15) is 0 Å². The number of halogens is 1. The maximum absolute atomic E-state index is 11.3. The molecule has 4 nitrogen and oxygen atoms in total. The van der Waals surface area contributed by atoms with E-state index >= 15 is 0 Å². The Labute approximate surface area is 113 Å². The molecular formula is C13H18ClNO3. The monoisotopic (exact) mass is 271 g/mol. The van der Waals surface area contributed by atoms with Gasteiger partial charge in [-0.1, -0.05) is 26.0 Å². The lowest BCUT2D eigenvalue weighted by Gasteiger charge is -2.38. The molecule has 18 heavy (non-hydrogen) atoms. The maximum Gasteiger partial charge on any atom is 0.407 e. The standard InChI is InChI=1S/C13H17NO3.ClH/c1-13(2)8-17-12(15)14-11(13)9-4-6-10(16-3)7-5-9;/h4-7,11H,8H2,1-3H3,(H,14,15);1H/t11-;/m1./s1. The lowest BCUT2D eigenvalue weighted by Crippen LogP contribution is -2.46. The molecule has 1 aromatic rings. The van der Waals surface area contributed by atoms with Crippen LogP contribution in [0.25, 0.3) is 0 Å². The molecule has 2 rings (SSSR count). The van der Waals surface area contributed by atoms with Crippen LogP contribution in [-0.4, -0.2) is 19.8 Å². The molecule has 1 N–H and O–H groups in total. The maximum atomic E-state index is 11.3. The van der Waals surface area contributed by atoms with Gasteiger partial charge in [-0.15, -0.1) is 12.4 Å². The third-order valence-electron chi connectivity index (χ3n) is 3.07. The highest BCUT2D eigenvalue weighted by Gasteiger charge is 2.37. The molecular weight excluding hydrogens is 254 g/mol. The second-order valence-corrected chi connectivity index (χ2v) is 4.92. The zero-order chi connectivity index (χ0) is 12.5. The molecule has 0 aromatic heterocycles. The topological polar surface area (TPSA) is 47.6 Å². The summed E-state index contributed by atoms with van der Waals surface area (Å²) < 4.78 is 10.1. The number of hydrogen-bond donors (Lipinski definition) is 1. The molecule has 0 saturated carbocycles. The van der Waals surface area contributed by atoms with Crippen molar-refractivity contribution in [2.75, 3.05) is 13.7 Å². The van der Waals surface area contributed by atoms with E-state index in [1.807, 2.05) is 24.3 Å². The van der Waals surface area contributed by atoms with Crippen LogP contribution in [0.15, 0.2) is 24.3 Å². The van der Waals surface area contributed by atoms with Gasteiger partial charge in [-0.25, -0.2) is 4.79 Å². The van der Waals surface area contributed by atoms with Crippen LogP contribution in [0.1, 0.15) is 25.5 Å². The molecule has 1 atom stereocenters. The number of benzene rings is 1. The Bertz CT molecular complexity index is 417. The van der Waals surface area contributed by atoms with Crippen molar-refractivity contribution in [1.82, 2.24) is 5.32 Å². The van der Waals surface area contributed by atoms with Crippen LogP contribution >= 0.6 is 12.4 Å². The number of methoxy groups -OCH3 is 1. The van der Waals surface area contributed by atoms with E-state index in [4.69, 9.17) is 9.47 Å². The van der Waals surface area contributed by atoms with Crippen LogP contribution < -0.4 is 10.1 Å². The highest BCUT2D eigenvalue weighted by atomic mass is 35.5. The molecule has 1 heterocycles. The molecule has 1 aliphatic heterocycles. The number of carbonyl (C=O) groups is 1. The fourth-order valence-corrected chi connectivity index (χ4v) is 2.02. The van der Waals surface area contributed by atoms with Crippen molar-refractivity contribution >= 4 is 18.5 Å². The molecule has 1 aliphatic rings. The van der Waals surface area contributed by atoms with Gasteiger partial charge in [0.25, 0.3) is 0 Å². The number of cyclic esters (lactones) is 1. The van der Waals surface area contributed by atoms with E-state index in [1.165, 1.54) is 0 Å². The van der Waals surface area contributed by atoms with Crippen molar-refractivity contribution in [1.29, 1.82) is 0 Å². The summed E-state index contributed by atoms with van der Waals surface area (Å²) in [5.41, 5.74) is 0.940. The zero-order valence-electron chi connectivity index (χ0n) is 10.7. The van der Waals surface area contributed by atoms with Crippen molar-refractivity contribution in [2.24, 2.45) is 5.41 Å². The van der Waals surface area contributed by atoms with E-state index in [-0.39, 0.29) is 30.0 Å². The number of carbonyl (C=O) groups excluding carboxylic acids is 1. The average molecular weight is 272 g/mol. The largest absolute Gasteiger partial charge is 0.497 e. The summed E-state index contributed by atoms with van der Waals surface area (Å²) in [5.74, 6) is 0.810. The SMILES string of the molecule is COc1ccc([C@H]2NC(=O)OCC2(C)C)cc1.Cl. The van der Waals surface area contributed by atoms with Crippen LogP contribution in [0.2, 0.25) is 0 Å².